The molecule has 34 heavy (non-hydrogen) atoms. The Morgan fingerprint density at radius 2 is 1.56 bits per heavy atom. The van der Waals surface area contributed by atoms with Gasteiger partial charge in [0.25, 0.3) is 5.91 Å². The number of anilines is 1. The van der Waals surface area contributed by atoms with E-state index in [1.54, 1.807) is 47.1 Å². The zero-order chi connectivity index (χ0) is 24.2. The van der Waals surface area contributed by atoms with Gasteiger partial charge in [-0.3, -0.25) is 14.4 Å². The monoisotopic (exact) mass is 465 g/mol. The second kappa shape index (κ2) is 10.2. The zero-order valence-electron chi connectivity index (χ0n) is 20.0. The summed E-state index contributed by atoms with van der Waals surface area (Å²) in [5.74, 6) is 0.590. The molecule has 3 amide bonds. The van der Waals surface area contributed by atoms with Crippen LogP contribution in [0.3, 0.4) is 0 Å². The van der Waals surface area contributed by atoms with Gasteiger partial charge in [0.05, 0.1) is 20.1 Å². The van der Waals surface area contributed by atoms with Crippen LogP contribution in [0.15, 0.2) is 42.5 Å². The first-order valence-electron chi connectivity index (χ1n) is 11.6. The fraction of sp³-hybridized carbons (Fsp3) is 0.423. The van der Waals surface area contributed by atoms with Crippen LogP contribution in [0, 0.1) is 5.92 Å². The van der Waals surface area contributed by atoms with Crippen LogP contribution in [-0.2, 0) is 16.0 Å². The van der Waals surface area contributed by atoms with Crippen molar-refractivity contribution in [2.75, 3.05) is 51.8 Å². The number of hydrogen-bond donors (Lipinski definition) is 0. The van der Waals surface area contributed by atoms with Gasteiger partial charge in [-0.15, -0.1) is 0 Å². The zero-order valence-corrected chi connectivity index (χ0v) is 20.0. The van der Waals surface area contributed by atoms with Crippen molar-refractivity contribution < 1.29 is 23.9 Å². The van der Waals surface area contributed by atoms with Crippen LogP contribution >= 0.6 is 0 Å². The number of benzene rings is 2. The number of nitrogens with zero attached hydrogens (tertiary/aromatic N) is 3. The first-order valence-corrected chi connectivity index (χ1v) is 11.6. The summed E-state index contributed by atoms with van der Waals surface area (Å²) in [6.45, 7) is 4.33. The maximum atomic E-state index is 13.2. The SMILES string of the molecule is CCc1ccc(C(=O)N2CCN(C(=O)C3CC(=O)N(c4ccc(OC)c(OC)c4)C3)CC2)cc1. The Morgan fingerprint density at radius 1 is 0.912 bits per heavy atom. The maximum Gasteiger partial charge on any atom is 0.253 e. The molecule has 2 fully saturated rings. The number of piperazine rings is 1. The maximum absolute atomic E-state index is 13.2. The van der Waals surface area contributed by atoms with Crippen molar-refractivity contribution in [2.45, 2.75) is 19.8 Å². The fourth-order valence-electron chi connectivity index (χ4n) is 4.57. The van der Waals surface area contributed by atoms with E-state index in [-0.39, 0.29) is 24.1 Å². The van der Waals surface area contributed by atoms with E-state index in [0.717, 1.165) is 6.42 Å². The van der Waals surface area contributed by atoms with Gasteiger partial charge in [-0.2, -0.15) is 0 Å². The fourth-order valence-corrected chi connectivity index (χ4v) is 4.57. The number of amides is 3. The van der Waals surface area contributed by atoms with Crippen LogP contribution in [0.5, 0.6) is 11.5 Å². The summed E-state index contributed by atoms with van der Waals surface area (Å²) in [5, 5.41) is 0. The van der Waals surface area contributed by atoms with Crippen molar-refractivity contribution in [3.8, 4) is 11.5 Å². The van der Waals surface area contributed by atoms with Crippen LogP contribution < -0.4 is 14.4 Å². The van der Waals surface area contributed by atoms with Crippen molar-refractivity contribution in [3.63, 3.8) is 0 Å². The lowest BCUT2D eigenvalue weighted by Crippen LogP contribution is -2.52. The Hall–Kier alpha value is -3.55. The molecule has 0 radical (unpaired) electrons. The summed E-state index contributed by atoms with van der Waals surface area (Å²) in [7, 11) is 3.10. The second-order valence-electron chi connectivity index (χ2n) is 8.61. The molecule has 1 atom stereocenters. The molecule has 1 unspecified atom stereocenters. The summed E-state index contributed by atoms with van der Waals surface area (Å²) in [6.07, 6.45) is 1.11. The molecule has 2 aromatic rings. The Balaban J connectivity index is 1.35. The lowest BCUT2D eigenvalue weighted by Gasteiger charge is -2.36. The summed E-state index contributed by atoms with van der Waals surface area (Å²) < 4.78 is 10.6. The third kappa shape index (κ3) is 4.71. The number of carbonyl (C=O) groups excluding carboxylic acids is 3. The molecule has 0 aliphatic carbocycles. The number of rotatable bonds is 6. The van der Waals surface area contributed by atoms with Gasteiger partial charge in [0.1, 0.15) is 0 Å². The minimum absolute atomic E-state index is 0.00887. The Morgan fingerprint density at radius 3 is 2.18 bits per heavy atom. The van der Waals surface area contributed by atoms with Crippen LogP contribution in [0.1, 0.15) is 29.3 Å². The van der Waals surface area contributed by atoms with E-state index < -0.39 is 5.92 Å². The van der Waals surface area contributed by atoms with Crippen LogP contribution in [0.25, 0.3) is 0 Å². The number of aryl methyl sites for hydroxylation is 1. The van der Waals surface area contributed by atoms with E-state index in [1.165, 1.54) is 5.56 Å². The Kier molecular flexibility index (Phi) is 7.05. The van der Waals surface area contributed by atoms with Crippen molar-refractivity contribution in [1.29, 1.82) is 0 Å². The summed E-state index contributed by atoms with van der Waals surface area (Å²) in [4.78, 5) is 43.9. The predicted molar refractivity (Wildman–Crippen MR) is 128 cm³/mol. The lowest BCUT2D eigenvalue weighted by molar-refractivity contribution is -0.137. The topological polar surface area (TPSA) is 79.4 Å². The third-order valence-electron chi connectivity index (χ3n) is 6.64. The van der Waals surface area contributed by atoms with Crippen molar-refractivity contribution in [2.24, 2.45) is 5.92 Å². The standard InChI is InChI=1S/C26H31N3O5/c1-4-18-5-7-19(8-6-18)25(31)27-11-13-28(14-12-27)26(32)20-15-24(30)29(17-20)21-9-10-22(33-2)23(16-21)34-3/h5-10,16,20H,4,11-15,17H2,1-3H3. The molecule has 0 spiro atoms. The molecule has 4 rings (SSSR count). The Bertz CT molecular complexity index is 1060. The van der Waals surface area contributed by atoms with Crippen molar-refractivity contribution in [3.05, 3.63) is 53.6 Å². The predicted octanol–water partition coefficient (Wildman–Crippen LogP) is 2.60. The molecule has 0 aromatic heterocycles. The molecule has 8 heteroatoms. The highest BCUT2D eigenvalue weighted by Crippen LogP contribution is 2.34. The lowest BCUT2D eigenvalue weighted by atomic mass is 10.1. The second-order valence-corrected chi connectivity index (χ2v) is 8.61. The smallest absolute Gasteiger partial charge is 0.253 e. The summed E-state index contributed by atoms with van der Waals surface area (Å²) in [5.41, 5.74) is 2.55. The molecule has 2 aromatic carbocycles. The van der Waals surface area contributed by atoms with Gasteiger partial charge < -0.3 is 24.2 Å². The largest absolute Gasteiger partial charge is 0.493 e. The molecule has 8 nitrogen and oxygen atoms in total. The van der Waals surface area contributed by atoms with Crippen LogP contribution in [-0.4, -0.2) is 74.5 Å². The first kappa shape index (κ1) is 23.6. The van der Waals surface area contributed by atoms with Crippen LogP contribution in [0.4, 0.5) is 5.69 Å². The molecule has 0 N–H and O–H groups in total. The highest BCUT2D eigenvalue weighted by molar-refractivity contribution is 6.00. The number of carbonyl (C=O) groups is 3. The molecule has 2 heterocycles. The van der Waals surface area contributed by atoms with Gasteiger partial charge in [0, 0.05) is 56.5 Å². The molecular formula is C26H31N3O5. The first-order chi connectivity index (χ1) is 16.4. The summed E-state index contributed by atoms with van der Waals surface area (Å²) >= 11 is 0. The van der Waals surface area contributed by atoms with E-state index in [0.29, 0.717) is 55.5 Å². The van der Waals surface area contributed by atoms with Gasteiger partial charge in [0.15, 0.2) is 11.5 Å². The van der Waals surface area contributed by atoms with Gasteiger partial charge in [-0.1, -0.05) is 19.1 Å². The molecule has 0 saturated carbocycles. The van der Waals surface area contributed by atoms with Crippen molar-refractivity contribution >= 4 is 23.4 Å². The normalized spacial score (nSPS) is 18.3. The number of hydrogen-bond acceptors (Lipinski definition) is 5. The van der Waals surface area contributed by atoms with E-state index in [1.807, 2.05) is 24.3 Å². The third-order valence-corrected chi connectivity index (χ3v) is 6.64. The molecular weight excluding hydrogens is 434 g/mol. The van der Waals surface area contributed by atoms with Crippen molar-refractivity contribution in [1.82, 2.24) is 9.80 Å². The minimum atomic E-state index is -0.399. The number of ether oxygens (including phenoxy) is 2. The van der Waals surface area contributed by atoms with Crippen LogP contribution in [0.2, 0.25) is 0 Å². The average molecular weight is 466 g/mol. The molecule has 180 valence electrons. The van der Waals surface area contributed by atoms with Gasteiger partial charge in [-0.05, 0) is 36.2 Å². The number of methoxy groups -OCH3 is 2. The summed E-state index contributed by atoms with van der Waals surface area (Å²) in [6, 6.07) is 13.0. The van der Waals surface area contributed by atoms with Gasteiger partial charge in [-0.25, -0.2) is 0 Å². The Labute approximate surface area is 200 Å². The average Bonchev–Trinajstić information content (AvgIpc) is 3.29. The van der Waals surface area contributed by atoms with Gasteiger partial charge >= 0.3 is 0 Å². The van der Waals surface area contributed by atoms with E-state index in [4.69, 9.17) is 9.47 Å². The molecule has 2 saturated heterocycles. The van der Waals surface area contributed by atoms with E-state index in [2.05, 4.69) is 6.92 Å². The quantitative estimate of drug-likeness (QED) is 0.655. The van der Waals surface area contributed by atoms with E-state index in [9.17, 15) is 14.4 Å². The molecule has 2 aliphatic heterocycles. The minimum Gasteiger partial charge on any atom is -0.493 e. The molecule has 0 bridgehead atoms. The highest BCUT2D eigenvalue weighted by atomic mass is 16.5. The van der Waals surface area contributed by atoms with E-state index >= 15 is 0 Å². The molecule has 2 aliphatic rings. The highest BCUT2D eigenvalue weighted by Gasteiger charge is 2.38. The van der Waals surface area contributed by atoms with Gasteiger partial charge in [0.2, 0.25) is 11.8 Å².